The van der Waals surface area contributed by atoms with Gasteiger partial charge in [0.15, 0.2) is 0 Å². The average Bonchev–Trinajstić information content (AvgIpc) is 3.34. The monoisotopic (exact) mass is 385 g/mol. The third-order valence-electron chi connectivity index (χ3n) is 7.58. The third-order valence-corrected chi connectivity index (χ3v) is 7.58. The minimum atomic E-state index is -0.209. The molecule has 5 fully saturated rings. The van der Waals surface area contributed by atoms with Crippen LogP contribution >= 0.6 is 0 Å². The smallest absolute Gasteiger partial charge is 0.237 e. The Bertz CT molecular complexity index is 689. The molecule has 2 heterocycles. The fraction of sp³-hybridized carbons (Fsp3) is 0.727. The highest BCUT2D eigenvalue weighted by Gasteiger charge is 2.48. The van der Waals surface area contributed by atoms with Crippen molar-refractivity contribution >= 4 is 11.8 Å². The number of nitrogens with zero attached hydrogens (tertiary/aromatic N) is 1. The highest BCUT2D eigenvalue weighted by Crippen LogP contribution is 2.53. The number of rotatable bonds is 6. The maximum atomic E-state index is 12.8. The van der Waals surface area contributed by atoms with Crippen molar-refractivity contribution in [3.8, 4) is 0 Å². The SMILES string of the molecule is O=C(CN1CCCC1C(=O)NCc1ccco1)NC1C2CC3CC(C2)CC1C3. The Hall–Kier alpha value is -1.82. The molecule has 6 heteroatoms. The lowest BCUT2D eigenvalue weighted by atomic mass is 9.54. The molecule has 6 rings (SSSR count). The van der Waals surface area contributed by atoms with Crippen molar-refractivity contribution in [1.82, 2.24) is 15.5 Å². The molecule has 5 aliphatic rings. The molecule has 4 aliphatic carbocycles. The summed E-state index contributed by atoms with van der Waals surface area (Å²) in [5, 5.41) is 6.32. The number of carbonyl (C=O) groups is 2. The number of hydrogen-bond donors (Lipinski definition) is 2. The van der Waals surface area contributed by atoms with Crippen LogP contribution in [0.15, 0.2) is 22.8 Å². The lowest BCUT2D eigenvalue weighted by molar-refractivity contribution is -0.129. The number of carbonyl (C=O) groups excluding carboxylic acids is 2. The van der Waals surface area contributed by atoms with Gasteiger partial charge in [-0.15, -0.1) is 0 Å². The average molecular weight is 386 g/mol. The Labute approximate surface area is 166 Å². The Morgan fingerprint density at radius 1 is 1.11 bits per heavy atom. The van der Waals surface area contributed by atoms with E-state index < -0.39 is 0 Å². The van der Waals surface area contributed by atoms with E-state index in [-0.39, 0.29) is 17.9 Å². The van der Waals surface area contributed by atoms with Gasteiger partial charge in [-0.1, -0.05) is 0 Å². The van der Waals surface area contributed by atoms with Gasteiger partial charge in [0.2, 0.25) is 11.8 Å². The molecule has 4 bridgehead atoms. The van der Waals surface area contributed by atoms with Gasteiger partial charge >= 0.3 is 0 Å². The Kier molecular flexibility index (Phi) is 4.91. The van der Waals surface area contributed by atoms with Gasteiger partial charge in [-0.25, -0.2) is 0 Å². The molecule has 1 aromatic rings. The van der Waals surface area contributed by atoms with Crippen LogP contribution in [0.5, 0.6) is 0 Å². The summed E-state index contributed by atoms with van der Waals surface area (Å²) in [4.78, 5) is 27.4. The molecule has 28 heavy (non-hydrogen) atoms. The number of amides is 2. The van der Waals surface area contributed by atoms with Crippen LogP contribution in [0.3, 0.4) is 0 Å². The first-order valence-electron chi connectivity index (χ1n) is 11.0. The zero-order chi connectivity index (χ0) is 19.1. The van der Waals surface area contributed by atoms with Crippen LogP contribution in [0.4, 0.5) is 0 Å². The zero-order valence-corrected chi connectivity index (χ0v) is 16.4. The van der Waals surface area contributed by atoms with E-state index in [1.54, 1.807) is 6.26 Å². The van der Waals surface area contributed by atoms with Crippen molar-refractivity contribution in [2.75, 3.05) is 13.1 Å². The normalized spacial score (nSPS) is 36.6. The van der Waals surface area contributed by atoms with Crippen molar-refractivity contribution in [1.29, 1.82) is 0 Å². The minimum absolute atomic E-state index is 0.00340. The highest BCUT2D eigenvalue weighted by atomic mass is 16.3. The molecule has 1 saturated heterocycles. The van der Waals surface area contributed by atoms with Gasteiger partial charge in [0, 0.05) is 6.04 Å². The summed E-state index contributed by atoms with van der Waals surface area (Å²) in [5.41, 5.74) is 0. The van der Waals surface area contributed by atoms with Crippen molar-refractivity contribution in [2.45, 2.75) is 63.6 Å². The lowest BCUT2D eigenvalue weighted by Gasteiger charge is -2.54. The largest absolute Gasteiger partial charge is 0.467 e. The van der Waals surface area contributed by atoms with E-state index in [2.05, 4.69) is 10.6 Å². The summed E-state index contributed by atoms with van der Waals surface area (Å²) in [7, 11) is 0. The second-order valence-electron chi connectivity index (χ2n) is 9.45. The molecule has 4 saturated carbocycles. The van der Waals surface area contributed by atoms with Crippen LogP contribution in [0.2, 0.25) is 0 Å². The first kappa shape index (κ1) is 18.2. The van der Waals surface area contributed by atoms with Gasteiger partial charge in [0.25, 0.3) is 0 Å². The van der Waals surface area contributed by atoms with Gasteiger partial charge < -0.3 is 15.1 Å². The van der Waals surface area contributed by atoms with Crippen LogP contribution < -0.4 is 10.6 Å². The summed E-state index contributed by atoms with van der Waals surface area (Å²) >= 11 is 0. The summed E-state index contributed by atoms with van der Waals surface area (Å²) in [6, 6.07) is 3.83. The molecular weight excluding hydrogens is 354 g/mol. The molecule has 6 nitrogen and oxygen atoms in total. The second-order valence-corrected chi connectivity index (χ2v) is 9.45. The molecule has 1 unspecified atom stereocenters. The predicted molar refractivity (Wildman–Crippen MR) is 104 cm³/mol. The van der Waals surface area contributed by atoms with Crippen molar-refractivity contribution in [2.24, 2.45) is 23.7 Å². The quantitative estimate of drug-likeness (QED) is 0.788. The Balaban J connectivity index is 1.14. The molecular formula is C22H31N3O3. The second kappa shape index (κ2) is 7.54. The summed E-state index contributed by atoms with van der Waals surface area (Å²) in [5.74, 6) is 4.04. The van der Waals surface area contributed by atoms with Crippen LogP contribution in [0.1, 0.15) is 50.7 Å². The first-order chi connectivity index (χ1) is 13.7. The molecule has 1 aromatic heterocycles. The van der Waals surface area contributed by atoms with E-state index >= 15 is 0 Å². The molecule has 1 aliphatic heterocycles. The van der Waals surface area contributed by atoms with Crippen LogP contribution in [0, 0.1) is 23.7 Å². The summed E-state index contributed by atoms with van der Waals surface area (Å²) < 4.78 is 5.28. The first-order valence-corrected chi connectivity index (χ1v) is 11.0. The highest BCUT2D eigenvalue weighted by molar-refractivity contribution is 5.84. The number of hydrogen-bond acceptors (Lipinski definition) is 4. The third kappa shape index (κ3) is 3.59. The van der Waals surface area contributed by atoms with Crippen molar-refractivity contribution < 1.29 is 14.0 Å². The maximum absolute atomic E-state index is 12.8. The number of nitrogens with one attached hydrogen (secondary N) is 2. The van der Waals surface area contributed by atoms with Gasteiger partial charge in [0.1, 0.15) is 5.76 Å². The molecule has 0 radical (unpaired) electrons. The fourth-order valence-corrected chi connectivity index (χ4v) is 6.59. The molecule has 0 spiro atoms. The maximum Gasteiger partial charge on any atom is 0.237 e. The van der Waals surface area contributed by atoms with Crippen molar-refractivity contribution in [3.63, 3.8) is 0 Å². The standard InChI is InChI=1S/C22H31N3O3/c26-20(24-21-16-8-14-7-15(10-16)11-17(21)9-14)13-25-5-1-4-19(25)22(27)23-12-18-3-2-6-28-18/h2-3,6,14-17,19,21H,1,4-5,7-13H2,(H,23,27)(H,24,26). The zero-order valence-electron chi connectivity index (χ0n) is 16.4. The van der Waals surface area contributed by atoms with Crippen LogP contribution in [-0.4, -0.2) is 41.9 Å². The van der Waals surface area contributed by atoms with E-state index in [4.69, 9.17) is 4.42 Å². The van der Waals surface area contributed by atoms with Gasteiger partial charge in [0.05, 0.1) is 25.4 Å². The van der Waals surface area contributed by atoms with Gasteiger partial charge in [-0.2, -0.15) is 0 Å². The fourth-order valence-electron chi connectivity index (χ4n) is 6.59. The predicted octanol–water partition coefficient (Wildman–Crippen LogP) is 2.30. The molecule has 2 N–H and O–H groups in total. The molecule has 152 valence electrons. The van der Waals surface area contributed by atoms with E-state index in [1.165, 1.54) is 32.1 Å². The van der Waals surface area contributed by atoms with E-state index in [0.717, 1.165) is 37.0 Å². The van der Waals surface area contributed by atoms with Gasteiger partial charge in [-0.05, 0) is 87.3 Å². The Morgan fingerprint density at radius 3 is 2.54 bits per heavy atom. The number of furan rings is 1. The van der Waals surface area contributed by atoms with Gasteiger partial charge in [-0.3, -0.25) is 14.5 Å². The lowest BCUT2D eigenvalue weighted by Crippen LogP contribution is -2.57. The van der Waals surface area contributed by atoms with E-state index in [1.807, 2.05) is 17.0 Å². The molecule has 0 aromatic carbocycles. The van der Waals surface area contributed by atoms with Crippen LogP contribution in [0.25, 0.3) is 0 Å². The number of likely N-dealkylation sites (tertiary alicyclic amines) is 1. The van der Waals surface area contributed by atoms with Crippen LogP contribution in [-0.2, 0) is 16.1 Å². The van der Waals surface area contributed by atoms with E-state index in [0.29, 0.717) is 31.0 Å². The minimum Gasteiger partial charge on any atom is -0.467 e. The molecule has 2 amide bonds. The summed E-state index contributed by atoms with van der Waals surface area (Å²) in [6.07, 6.45) is 10.0. The molecule has 1 atom stereocenters. The van der Waals surface area contributed by atoms with E-state index in [9.17, 15) is 9.59 Å². The van der Waals surface area contributed by atoms with Crippen molar-refractivity contribution in [3.05, 3.63) is 24.2 Å². The Morgan fingerprint density at radius 2 is 1.86 bits per heavy atom. The topological polar surface area (TPSA) is 74.6 Å². The summed E-state index contributed by atoms with van der Waals surface area (Å²) in [6.45, 7) is 1.55.